The third kappa shape index (κ3) is 25.3. The van der Waals surface area contributed by atoms with Crippen LogP contribution in [-0.2, 0) is 4.79 Å². The van der Waals surface area contributed by atoms with Crippen LogP contribution in [0.3, 0.4) is 0 Å². The Labute approximate surface area is 69.2 Å². The SMILES string of the molecule is CNCSC(N)=S.O=CO. The minimum atomic E-state index is -0.250. The van der Waals surface area contributed by atoms with Gasteiger partial charge in [0, 0.05) is 5.88 Å². The molecule has 0 spiro atoms. The minimum absolute atomic E-state index is 0.250. The Bertz CT molecular complexity index is 99.3. The van der Waals surface area contributed by atoms with E-state index < -0.39 is 0 Å². The number of hydrogen-bond donors (Lipinski definition) is 3. The summed E-state index contributed by atoms with van der Waals surface area (Å²) < 4.78 is 0.495. The van der Waals surface area contributed by atoms with E-state index in [0.717, 1.165) is 5.88 Å². The van der Waals surface area contributed by atoms with Crippen LogP contribution in [0.25, 0.3) is 0 Å². The first kappa shape index (κ1) is 12.4. The second-order valence-electron chi connectivity index (χ2n) is 1.07. The molecule has 0 aromatic rings. The topological polar surface area (TPSA) is 75.3 Å². The van der Waals surface area contributed by atoms with Crippen molar-refractivity contribution in [2.75, 3.05) is 12.9 Å². The maximum absolute atomic E-state index is 8.36. The van der Waals surface area contributed by atoms with Gasteiger partial charge in [0.1, 0.15) is 4.32 Å². The van der Waals surface area contributed by atoms with Crippen molar-refractivity contribution in [3.8, 4) is 0 Å². The Kier molecular flexibility index (Phi) is 14.2. The largest absolute Gasteiger partial charge is 0.483 e. The third-order valence-electron chi connectivity index (χ3n) is 0.359. The van der Waals surface area contributed by atoms with Gasteiger partial charge in [-0.25, -0.2) is 0 Å². The Morgan fingerprint density at radius 3 is 2.50 bits per heavy atom. The molecule has 0 saturated heterocycles. The zero-order valence-electron chi connectivity index (χ0n) is 5.53. The highest BCUT2D eigenvalue weighted by molar-refractivity contribution is 8.22. The number of thiocarbonyl (C=S) groups is 1. The molecule has 0 atom stereocenters. The summed E-state index contributed by atoms with van der Waals surface area (Å²) in [5, 5.41) is 9.78. The summed E-state index contributed by atoms with van der Waals surface area (Å²) in [7, 11) is 1.85. The molecule has 0 aliphatic rings. The molecular formula is C4H10N2O2S2. The van der Waals surface area contributed by atoms with E-state index in [4.69, 9.17) is 15.6 Å². The van der Waals surface area contributed by atoms with Crippen molar-refractivity contribution in [3.63, 3.8) is 0 Å². The van der Waals surface area contributed by atoms with Crippen LogP contribution >= 0.6 is 24.0 Å². The zero-order chi connectivity index (χ0) is 8.41. The molecule has 0 radical (unpaired) electrons. The molecule has 60 valence electrons. The molecule has 4 N–H and O–H groups in total. The van der Waals surface area contributed by atoms with E-state index in [2.05, 4.69) is 17.5 Å². The van der Waals surface area contributed by atoms with Gasteiger partial charge in [-0.05, 0) is 7.05 Å². The molecule has 0 aliphatic carbocycles. The molecule has 0 rings (SSSR count). The van der Waals surface area contributed by atoms with Crippen LogP contribution in [-0.4, -0.2) is 28.8 Å². The van der Waals surface area contributed by atoms with Crippen molar-refractivity contribution >= 4 is 34.8 Å². The van der Waals surface area contributed by atoms with Crippen LogP contribution in [0.5, 0.6) is 0 Å². The molecule has 0 aromatic heterocycles. The molecule has 4 nitrogen and oxygen atoms in total. The van der Waals surface area contributed by atoms with Gasteiger partial charge in [-0.3, -0.25) is 4.79 Å². The molecule has 0 amide bonds. The molecule has 0 fully saturated rings. The van der Waals surface area contributed by atoms with Gasteiger partial charge in [0.15, 0.2) is 0 Å². The number of thioether (sulfide) groups is 1. The van der Waals surface area contributed by atoms with E-state index in [1.807, 2.05) is 7.05 Å². The number of carbonyl (C=O) groups is 1. The van der Waals surface area contributed by atoms with Crippen molar-refractivity contribution < 1.29 is 9.90 Å². The standard InChI is InChI=1S/C3H8N2S2.CH2O2/c1-5-2-7-3(4)6;2-1-3/h5H,2H2,1H3,(H2,4,6);1H,(H,2,3). The second-order valence-corrected chi connectivity index (χ2v) is 2.78. The lowest BCUT2D eigenvalue weighted by molar-refractivity contribution is -0.122. The van der Waals surface area contributed by atoms with Gasteiger partial charge in [-0.15, -0.1) is 0 Å². The van der Waals surface area contributed by atoms with E-state index in [-0.39, 0.29) is 6.47 Å². The molecule has 0 aromatic carbocycles. The van der Waals surface area contributed by atoms with Crippen LogP contribution in [0.4, 0.5) is 0 Å². The number of rotatable bonds is 2. The zero-order valence-corrected chi connectivity index (χ0v) is 7.17. The molecule has 10 heavy (non-hydrogen) atoms. The molecule has 0 bridgehead atoms. The van der Waals surface area contributed by atoms with E-state index in [1.165, 1.54) is 11.8 Å². The van der Waals surface area contributed by atoms with Gasteiger partial charge < -0.3 is 16.2 Å². The Hall–Kier alpha value is -0.330. The van der Waals surface area contributed by atoms with E-state index >= 15 is 0 Å². The van der Waals surface area contributed by atoms with Gasteiger partial charge in [0.05, 0.1) is 0 Å². The molecule has 0 unspecified atom stereocenters. The van der Waals surface area contributed by atoms with Crippen LogP contribution in [0.15, 0.2) is 0 Å². The Morgan fingerprint density at radius 2 is 2.40 bits per heavy atom. The normalized spacial score (nSPS) is 7.30. The fourth-order valence-electron chi connectivity index (χ4n) is 0.143. The highest BCUT2D eigenvalue weighted by atomic mass is 32.2. The van der Waals surface area contributed by atoms with E-state index in [9.17, 15) is 0 Å². The Morgan fingerprint density at radius 1 is 2.00 bits per heavy atom. The smallest absolute Gasteiger partial charge is 0.290 e. The van der Waals surface area contributed by atoms with Gasteiger partial charge in [0.2, 0.25) is 0 Å². The second kappa shape index (κ2) is 11.5. The maximum Gasteiger partial charge on any atom is 0.290 e. The fraction of sp³-hybridized carbons (Fsp3) is 0.500. The molecule has 0 heterocycles. The van der Waals surface area contributed by atoms with Gasteiger partial charge in [-0.2, -0.15) is 0 Å². The number of carboxylic acid groups (broad SMARTS) is 1. The molecule has 0 aliphatic heterocycles. The van der Waals surface area contributed by atoms with Crippen LogP contribution in [0, 0.1) is 0 Å². The summed E-state index contributed by atoms with van der Waals surface area (Å²) in [6, 6.07) is 0. The molecule has 6 heteroatoms. The highest BCUT2D eigenvalue weighted by Gasteiger charge is 1.83. The average molecular weight is 182 g/mol. The third-order valence-corrected chi connectivity index (χ3v) is 1.43. The predicted octanol–water partition coefficient (Wildman–Crippen LogP) is -0.159. The van der Waals surface area contributed by atoms with E-state index in [1.54, 1.807) is 0 Å². The first-order chi connectivity index (χ1) is 4.68. The number of nitrogens with one attached hydrogen (secondary N) is 1. The first-order valence-electron chi connectivity index (χ1n) is 2.33. The van der Waals surface area contributed by atoms with Gasteiger partial charge in [-0.1, -0.05) is 24.0 Å². The lowest BCUT2D eigenvalue weighted by atomic mass is 11.3. The monoisotopic (exact) mass is 182 g/mol. The summed E-state index contributed by atoms with van der Waals surface area (Å²) in [4.78, 5) is 8.36. The van der Waals surface area contributed by atoms with Crippen molar-refractivity contribution in [2.45, 2.75) is 0 Å². The summed E-state index contributed by atoms with van der Waals surface area (Å²) in [5.41, 5.74) is 5.13. The lowest BCUT2D eigenvalue weighted by Gasteiger charge is -1.92. The van der Waals surface area contributed by atoms with Crippen molar-refractivity contribution in [1.29, 1.82) is 0 Å². The first-order valence-corrected chi connectivity index (χ1v) is 3.73. The summed E-state index contributed by atoms with van der Waals surface area (Å²) >= 11 is 5.99. The Balaban J connectivity index is 0. The summed E-state index contributed by atoms with van der Waals surface area (Å²) in [5.74, 6) is 0.801. The average Bonchev–Trinajstić information content (AvgIpc) is 1.85. The summed E-state index contributed by atoms with van der Waals surface area (Å²) in [6.07, 6.45) is 0. The van der Waals surface area contributed by atoms with Crippen molar-refractivity contribution in [3.05, 3.63) is 0 Å². The summed E-state index contributed by atoms with van der Waals surface area (Å²) in [6.45, 7) is -0.250. The van der Waals surface area contributed by atoms with Gasteiger partial charge in [0.25, 0.3) is 6.47 Å². The van der Waals surface area contributed by atoms with Crippen LogP contribution < -0.4 is 11.1 Å². The lowest BCUT2D eigenvalue weighted by Crippen LogP contribution is -2.10. The quantitative estimate of drug-likeness (QED) is 0.313. The number of nitrogens with two attached hydrogens (primary N) is 1. The minimum Gasteiger partial charge on any atom is -0.483 e. The van der Waals surface area contributed by atoms with Crippen molar-refractivity contribution in [1.82, 2.24) is 5.32 Å². The van der Waals surface area contributed by atoms with Crippen molar-refractivity contribution in [2.24, 2.45) is 5.73 Å². The van der Waals surface area contributed by atoms with Crippen LogP contribution in [0.2, 0.25) is 0 Å². The maximum atomic E-state index is 8.36. The predicted molar refractivity (Wildman–Crippen MR) is 47.0 cm³/mol. The van der Waals surface area contributed by atoms with E-state index in [0.29, 0.717) is 4.32 Å². The van der Waals surface area contributed by atoms with Gasteiger partial charge >= 0.3 is 0 Å². The molecular weight excluding hydrogens is 172 g/mol. The fourth-order valence-corrected chi connectivity index (χ4v) is 0.607. The highest BCUT2D eigenvalue weighted by Crippen LogP contribution is 1.93. The van der Waals surface area contributed by atoms with Crippen LogP contribution in [0.1, 0.15) is 0 Å². The molecule has 0 saturated carbocycles. The number of hydrogen-bond acceptors (Lipinski definition) is 4.